The first-order valence-corrected chi connectivity index (χ1v) is 14.2. The molecular weight excluding hydrogens is 458 g/mol. The van der Waals surface area contributed by atoms with Crippen LogP contribution in [0.1, 0.15) is 34.1 Å². The Morgan fingerprint density at radius 1 is 1.26 bits per heavy atom. The molecule has 0 aromatic carbocycles. The summed E-state index contributed by atoms with van der Waals surface area (Å²) >= 11 is 5.59. The highest BCUT2D eigenvalue weighted by molar-refractivity contribution is 7.91. The van der Waals surface area contributed by atoms with Crippen molar-refractivity contribution in [2.24, 2.45) is 5.92 Å². The molecule has 1 saturated heterocycles. The first kappa shape index (κ1) is 24.3. The average molecular weight is 490 g/mol. The van der Waals surface area contributed by atoms with Gasteiger partial charge in [-0.1, -0.05) is 27.7 Å². The van der Waals surface area contributed by atoms with Crippen LogP contribution in [-0.4, -0.2) is 77.4 Å². The summed E-state index contributed by atoms with van der Waals surface area (Å²) < 4.78 is 54.8. The van der Waals surface area contributed by atoms with E-state index < -0.39 is 19.9 Å². The Morgan fingerprint density at radius 2 is 1.94 bits per heavy atom. The summed E-state index contributed by atoms with van der Waals surface area (Å²) in [5, 5.41) is 4.55. The van der Waals surface area contributed by atoms with Gasteiger partial charge in [0.25, 0.3) is 0 Å². The molecule has 1 aliphatic heterocycles. The topological polar surface area (TPSA) is 97.0 Å². The van der Waals surface area contributed by atoms with Crippen molar-refractivity contribution in [3.63, 3.8) is 0 Å². The first-order valence-electron chi connectivity index (χ1n) is 10.5. The zero-order chi connectivity index (χ0) is 23.0. The van der Waals surface area contributed by atoms with Crippen molar-refractivity contribution in [3.05, 3.63) is 23.1 Å². The fourth-order valence-electron chi connectivity index (χ4n) is 3.98. The number of pyridine rings is 1. The largest absolute Gasteiger partial charge is 0.280 e. The normalized spacial score (nSPS) is 19.3. The Bertz CT molecular complexity index is 1200. The third-order valence-corrected chi connectivity index (χ3v) is 9.72. The maximum atomic E-state index is 12.9. The number of sulfonamides is 1. The highest BCUT2D eigenvalue weighted by Crippen LogP contribution is 2.21. The van der Waals surface area contributed by atoms with Crippen LogP contribution in [0, 0.1) is 10.7 Å². The lowest BCUT2D eigenvalue weighted by Crippen LogP contribution is -2.40. The molecular formula is C19H31N5O4S3. The molecule has 1 aliphatic rings. The van der Waals surface area contributed by atoms with Crippen LogP contribution < -0.4 is 0 Å². The van der Waals surface area contributed by atoms with Gasteiger partial charge in [0.2, 0.25) is 14.8 Å². The predicted molar refractivity (Wildman–Crippen MR) is 123 cm³/mol. The molecule has 3 rings (SSSR count). The Morgan fingerprint density at radius 3 is 2.48 bits per heavy atom. The molecule has 0 unspecified atom stereocenters. The van der Waals surface area contributed by atoms with Crippen LogP contribution in [0.4, 0.5) is 0 Å². The Hall–Kier alpha value is -1.34. The van der Waals surface area contributed by atoms with Crippen molar-refractivity contribution in [1.82, 2.24) is 23.4 Å². The molecule has 9 nitrogen and oxygen atoms in total. The molecule has 0 bridgehead atoms. The number of aromatic nitrogens is 3. The maximum absolute atomic E-state index is 12.9. The molecule has 0 saturated carbocycles. The fourth-order valence-corrected chi connectivity index (χ4v) is 7.45. The molecule has 0 radical (unpaired) electrons. The minimum absolute atomic E-state index is 0.0716. The van der Waals surface area contributed by atoms with Gasteiger partial charge in [-0.25, -0.2) is 21.5 Å². The lowest BCUT2D eigenvalue weighted by Gasteiger charge is -2.29. The number of hydrogen-bond acceptors (Lipinski definition) is 7. The van der Waals surface area contributed by atoms with Gasteiger partial charge in [-0.2, -0.15) is 9.40 Å². The van der Waals surface area contributed by atoms with Gasteiger partial charge in [0.1, 0.15) is 0 Å². The predicted octanol–water partition coefficient (Wildman–Crippen LogP) is 2.00. The Kier molecular flexibility index (Phi) is 7.26. The van der Waals surface area contributed by atoms with Gasteiger partial charge in [-0.3, -0.25) is 9.30 Å². The third-order valence-electron chi connectivity index (χ3n) is 5.53. The second kappa shape index (κ2) is 9.26. The van der Waals surface area contributed by atoms with Gasteiger partial charge in [0, 0.05) is 31.9 Å². The lowest BCUT2D eigenvalue weighted by atomic mass is 10.1. The molecule has 0 N–H and O–H groups in total. The number of hydrogen-bond donors (Lipinski definition) is 0. The highest BCUT2D eigenvalue weighted by atomic mass is 32.2. The van der Waals surface area contributed by atoms with E-state index >= 15 is 0 Å². The smallest absolute Gasteiger partial charge is 0.244 e. The summed E-state index contributed by atoms with van der Waals surface area (Å²) in [6.07, 6.45) is 2.11. The number of sulfone groups is 1. The van der Waals surface area contributed by atoms with Crippen LogP contribution in [0.5, 0.6) is 0 Å². The van der Waals surface area contributed by atoms with Gasteiger partial charge in [0.15, 0.2) is 15.5 Å². The molecule has 174 valence electrons. The van der Waals surface area contributed by atoms with E-state index in [0.717, 1.165) is 6.54 Å². The summed E-state index contributed by atoms with van der Waals surface area (Å²) in [6, 6.07) is 3.12. The molecule has 0 aliphatic carbocycles. The van der Waals surface area contributed by atoms with Gasteiger partial charge in [0.05, 0.1) is 23.1 Å². The standard InChI is InChI=1S/C19H31N5O4S3/c1-5-22(6-2)31(27,28)17-7-8-18-20-24(19(29)23(18)12-17)14-21(11-15(3)4)16-9-10-30(25,26)13-16/h7-8,12,15-16H,5-6,9-11,13-14H2,1-4H3/t16-/m0/s1. The van der Waals surface area contributed by atoms with Crippen LogP contribution in [0.15, 0.2) is 23.2 Å². The fraction of sp³-hybridized carbons (Fsp3) is 0.684. The van der Waals surface area contributed by atoms with Crippen molar-refractivity contribution in [3.8, 4) is 0 Å². The van der Waals surface area contributed by atoms with E-state index in [1.807, 2.05) is 0 Å². The summed E-state index contributed by atoms with van der Waals surface area (Å²) in [6.45, 7) is 9.62. The molecule has 1 atom stereocenters. The van der Waals surface area contributed by atoms with Crippen molar-refractivity contribution < 1.29 is 16.8 Å². The molecule has 3 heterocycles. The van der Waals surface area contributed by atoms with Crippen molar-refractivity contribution in [2.75, 3.05) is 31.1 Å². The molecule has 0 amide bonds. The highest BCUT2D eigenvalue weighted by Gasteiger charge is 2.33. The first-order chi connectivity index (χ1) is 14.5. The minimum atomic E-state index is -3.61. The molecule has 1 fully saturated rings. The second-order valence-electron chi connectivity index (χ2n) is 8.33. The summed E-state index contributed by atoms with van der Waals surface area (Å²) in [5.41, 5.74) is 0.548. The van der Waals surface area contributed by atoms with E-state index in [-0.39, 0.29) is 22.4 Å². The van der Waals surface area contributed by atoms with E-state index in [1.54, 1.807) is 35.1 Å². The number of fused-ring (bicyclic) bond motifs is 1. The van der Waals surface area contributed by atoms with E-state index in [0.29, 0.717) is 42.5 Å². The third kappa shape index (κ3) is 5.19. The van der Waals surface area contributed by atoms with Gasteiger partial charge >= 0.3 is 0 Å². The van der Waals surface area contributed by atoms with Crippen molar-refractivity contribution in [1.29, 1.82) is 0 Å². The van der Waals surface area contributed by atoms with Crippen LogP contribution in [0.2, 0.25) is 0 Å². The van der Waals surface area contributed by atoms with Gasteiger partial charge < -0.3 is 0 Å². The van der Waals surface area contributed by atoms with Crippen LogP contribution in [-0.2, 0) is 26.5 Å². The summed E-state index contributed by atoms with van der Waals surface area (Å²) in [5.74, 6) is 0.697. The summed E-state index contributed by atoms with van der Waals surface area (Å²) in [7, 11) is -6.63. The second-order valence-corrected chi connectivity index (χ2v) is 12.9. The van der Waals surface area contributed by atoms with E-state index in [4.69, 9.17) is 12.2 Å². The van der Waals surface area contributed by atoms with Crippen LogP contribution in [0.3, 0.4) is 0 Å². The number of nitrogens with zero attached hydrogens (tertiary/aromatic N) is 5. The quantitative estimate of drug-likeness (QED) is 0.497. The molecule has 2 aromatic rings. The Labute approximate surface area is 189 Å². The number of rotatable bonds is 9. The molecule has 0 spiro atoms. The molecule has 2 aromatic heterocycles. The minimum Gasteiger partial charge on any atom is -0.280 e. The zero-order valence-corrected chi connectivity index (χ0v) is 20.9. The Balaban J connectivity index is 1.95. The lowest BCUT2D eigenvalue weighted by molar-refractivity contribution is 0.137. The van der Waals surface area contributed by atoms with Crippen LogP contribution in [0.25, 0.3) is 5.65 Å². The van der Waals surface area contributed by atoms with E-state index in [1.165, 1.54) is 10.5 Å². The zero-order valence-electron chi connectivity index (χ0n) is 18.4. The van der Waals surface area contributed by atoms with E-state index in [2.05, 4.69) is 23.8 Å². The van der Waals surface area contributed by atoms with E-state index in [9.17, 15) is 16.8 Å². The molecule has 31 heavy (non-hydrogen) atoms. The van der Waals surface area contributed by atoms with Crippen molar-refractivity contribution in [2.45, 2.75) is 51.7 Å². The maximum Gasteiger partial charge on any atom is 0.244 e. The average Bonchev–Trinajstić information content (AvgIpc) is 3.20. The van der Waals surface area contributed by atoms with Gasteiger partial charge in [-0.15, -0.1) is 0 Å². The van der Waals surface area contributed by atoms with Gasteiger partial charge in [-0.05, 0) is 36.7 Å². The van der Waals surface area contributed by atoms with Crippen LogP contribution >= 0.6 is 12.2 Å². The SMILES string of the molecule is CCN(CC)S(=O)(=O)c1ccc2nn(CN(CC(C)C)[C@H]3CCS(=O)(=O)C3)c(=S)n2c1. The summed E-state index contributed by atoms with van der Waals surface area (Å²) in [4.78, 5) is 2.28. The monoisotopic (exact) mass is 489 g/mol. The van der Waals surface area contributed by atoms with Crippen molar-refractivity contribution >= 4 is 37.7 Å². The molecule has 12 heteroatoms.